The van der Waals surface area contributed by atoms with E-state index in [1.165, 1.54) is 35.6 Å². The Hall–Kier alpha value is -6.71. The first-order valence-electron chi connectivity index (χ1n) is 18.7. The summed E-state index contributed by atoms with van der Waals surface area (Å²) >= 11 is 5.30. The summed E-state index contributed by atoms with van der Waals surface area (Å²) in [5, 5.41) is 5.97. The molecule has 0 saturated heterocycles. The van der Waals surface area contributed by atoms with Crippen LogP contribution >= 0.6 is 34.0 Å². The number of hydrogen-bond acceptors (Lipinski definition) is 8. The van der Waals surface area contributed by atoms with Crippen LogP contribution in [0.5, 0.6) is 0 Å². The summed E-state index contributed by atoms with van der Waals surface area (Å²) in [6.45, 7) is 0. The lowest BCUT2D eigenvalue weighted by Crippen LogP contribution is -2.00. The van der Waals surface area contributed by atoms with Gasteiger partial charge < -0.3 is 0 Å². The minimum Gasteiger partial charge on any atom is -0.226 e. The van der Waals surface area contributed by atoms with Gasteiger partial charge in [-0.25, -0.2) is 24.9 Å². The molecule has 0 spiro atoms. The Morgan fingerprint density at radius 2 is 0.807 bits per heavy atom. The first-order valence-corrected chi connectivity index (χ1v) is 21.1. The van der Waals surface area contributed by atoms with E-state index < -0.39 is 0 Å². The van der Waals surface area contributed by atoms with Crippen molar-refractivity contribution in [3.63, 3.8) is 0 Å². The Kier molecular flexibility index (Phi) is 7.38. The van der Waals surface area contributed by atoms with E-state index in [0.717, 1.165) is 64.3 Å². The van der Waals surface area contributed by atoms with Gasteiger partial charge in [-0.15, -0.1) is 34.0 Å². The summed E-state index contributed by atoms with van der Waals surface area (Å²) in [5.41, 5.74) is 6.95. The molecule has 0 aliphatic heterocycles. The number of nitrogens with zero attached hydrogens (tertiary/aromatic N) is 5. The zero-order valence-corrected chi connectivity index (χ0v) is 32.5. The van der Waals surface area contributed by atoms with Crippen LogP contribution in [0.2, 0.25) is 0 Å². The molecule has 5 nitrogen and oxygen atoms in total. The third-order valence-electron chi connectivity index (χ3n) is 10.6. The van der Waals surface area contributed by atoms with Gasteiger partial charge in [-0.1, -0.05) is 133 Å². The lowest BCUT2D eigenvalue weighted by atomic mass is 10.1. The Morgan fingerprint density at radius 1 is 0.298 bits per heavy atom. The topological polar surface area (TPSA) is 64.5 Å². The van der Waals surface area contributed by atoms with E-state index in [-0.39, 0.29) is 0 Å². The van der Waals surface area contributed by atoms with Crippen LogP contribution in [0.1, 0.15) is 0 Å². The number of benzene rings is 7. The number of hydrogen-bond donors (Lipinski definition) is 0. The quantitative estimate of drug-likeness (QED) is 0.174. The van der Waals surface area contributed by atoms with Crippen molar-refractivity contribution in [2.45, 2.75) is 0 Å². The van der Waals surface area contributed by atoms with Gasteiger partial charge in [0.1, 0.15) is 0 Å². The van der Waals surface area contributed by atoms with Gasteiger partial charge in [0.2, 0.25) is 0 Å². The molecule has 0 unspecified atom stereocenters. The van der Waals surface area contributed by atoms with Crippen LogP contribution < -0.4 is 0 Å². The predicted octanol–water partition coefficient (Wildman–Crippen LogP) is 14.1. The van der Waals surface area contributed by atoms with Gasteiger partial charge in [-0.3, -0.25) is 0 Å². The highest BCUT2D eigenvalue weighted by atomic mass is 32.1. The molecular formula is C49H27N5S3. The lowest BCUT2D eigenvalue weighted by molar-refractivity contribution is 1.08. The molecule has 0 atom stereocenters. The Bertz CT molecular complexity index is 3530. The van der Waals surface area contributed by atoms with Gasteiger partial charge >= 0.3 is 0 Å². The molecule has 266 valence electrons. The standard InChI is InChI=1S/C49H27N5S3/c1-3-13-28(14-4-1)41-45-42(35-18-8-10-24-39(35)56-45)51-48(50-41)36-21-12-20-34-32-26-25-30(27-40(32)57-44(34)36)47-52-46(29-15-5-2-6-16-29)53-49(54-47)37-22-11-19-33-31-17-7-9-23-38(31)55-43(33)37/h1-27H. The molecule has 12 rings (SSSR count). The third-order valence-corrected chi connectivity index (χ3v) is 14.2. The highest BCUT2D eigenvalue weighted by molar-refractivity contribution is 7.27. The maximum atomic E-state index is 5.31. The number of rotatable bonds is 5. The van der Waals surface area contributed by atoms with E-state index in [1.807, 2.05) is 24.3 Å². The number of aromatic nitrogens is 5. The molecule has 0 bridgehead atoms. The van der Waals surface area contributed by atoms with Crippen molar-refractivity contribution >= 4 is 94.7 Å². The molecule has 0 aliphatic rings. The highest BCUT2D eigenvalue weighted by Crippen LogP contribution is 2.44. The average molecular weight is 782 g/mol. The zero-order chi connectivity index (χ0) is 37.5. The van der Waals surface area contributed by atoms with E-state index in [4.69, 9.17) is 24.9 Å². The summed E-state index contributed by atoms with van der Waals surface area (Å²) in [6.07, 6.45) is 0. The van der Waals surface area contributed by atoms with Gasteiger partial charge in [0, 0.05) is 78.2 Å². The summed E-state index contributed by atoms with van der Waals surface area (Å²) in [7, 11) is 0. The van der Waals surface area contributed by atoms with Crippen molar-refractivity contribution in [2.24, 2.45) is 0 Å². The fraction of sp³-hybridized carbons (Fsp3) is 0. The van der Waals surface area contributed by atoms with Crippen LogP contribution in [0.3, 0.4) is 0 Å². The van der Waals surface area contributed by atoms with Crippen molar-refractivity contribution in [1.82, 2.24) is 24.9 Å². The van der Waals surface area contributed by atoms with E-state index >= 15 is 0 Å². The maximum absolute atomic E-state index is 5.31. The molecule has 0 saturated carbocycles. The second-order valence-electron chi connectivity index (χ2n) is 14.0. The van der Waals surface area contributed by atoms with Crippen LogP contribution in [0, 0.1) is 0 Å². The molecule has 0 aliphatic carbocycles. The minimum atomic E-state index is 0.641. The van der Waals surface area contributed by atoms with Crippen LogP contribution in [-0.4, -0.2) is 24.9 Å². The first kappa shape index (κ1) is 32.5. The van der Waals surface area contributed by atoms with Crippen LogP contribution in [0.15, 0.2) is 164 Å². The summed E-state index contributed by atoms with van der Waals surface area (Å²) in [4.78, 5) is 26.0. The predicted molar refractivity (Wildman–Crippen MR) is 241 cm³/mol. The molecule has 0 N–H and O–H groups in total. The molecule has 0 radical (unpaired) electrons. The van der Waals surface area contributed by atoms with Gasteiger partial charge in [-0.2, -0.15) is 0 Å². The Labute approximate surface area is 338 Å². The second kappa shape index (κ2) is 12.9. The normalized spacial score (nSPS) is 11.9. The van der Waals surface area contributed by atoms with Crippen LogP contribution in [0.25, 0.3) is 117 Å². The van der Waals surface area contributed by atoms with Crippen molar-refractivity contribution < 1.29 is 0 Å². The molecular weight excluding hydrogens is 755 g/mol. The van der Waals surface area contributed by atoms with Crippen molar-refractivity contribution in [3.05, 3.63) is 164 Å². The number of fused-ring (bicyclic) bond motifs is 9. The molecule has 5 aromatic heterocycles. The zero-order valence-electron chi connectivity index (χ0n) is 30.0. The van der Waals surface area contributed by atoms with Crippen LogP contribution in [-0.2, 0) is 0 Å². The SMILES string of the molecule is c1ccc(-c2nc(-c3ccc4c(c3)sc3c(-c5nc(-c6ccccc6)c6sc7ccccc7c6n5)cccc34)nc(-c3cccc4c3sc3ccccc34)n2)cc1. The summed E-state index contributed by atoms with van der Waals surface area (Å²) in [5.74, 6) is 2.68. The summed E-state index contributed by atoms with van der Waals surface area (Å²) in [6, 6.07) is 57.2. The fourth-order valence-electron chi connectivity index (χ4n) is 7.88. The van der Waals surface area contributed by atoms with Gasteiger partial charge in [-0.05, 0) is 30.3 Å². The smallest absolute Gasteiger partial charge is 0.165 e. The van der Waals surface area contributed by atoms with Crippen molar-refractivity contribution in [1.29, 1.82) is 0 Å². The van der Waals surface area contributed by atoms with Crippen LogP contribution in [0.4, 0.5) is 0 Å². The summed E-state index contributed by atoms with van der Waals surface area (Å²) < 4.78 is 7.04. The van der Waals surface area contributed by atoms with Gasteiger partial charge in [0.15, 0.2) is 23.3 Å². The molecule has 5 heterocycles. The molecule has 57 heavy (non-hydrogen) atoms. The van der Waals surface area contributed by atoms with Crippen molar-refractivity contribution in [2.75, 3.05) is 0 Å². The van der Waals surface area contributed by atoms with Crippen molar-refractivity contribution in [3.8, 4) is 56.8 Å². The van der Waals surface area contributed by atoms with E-state index in [9.17, 15) is 0 Å². The van der Waals surface area contributed by atoms with E-state index in [2.05, 4.69) is 140 Å². The number of thiophene rings is 3. The molecule has 7 aromatic carbocycles. The monoisotopic (exact) mass is 781 g/mol. The Morgan fingerprint density at radius 3 is 1.53 bits per heavy atom. The Balaban J connectivity index is 1.04. The minimum absolute atomic E-state index is 0.641. The lowest BCUT2D eigenvalue weighted by Gasteiger charge is -2.09. The highest BCUT2D eigenvalue weighted by Gasteiger charge is 2.21. The molecule has 0 fully saturated rings. The fourth-order valence-corrected chi connectivity index (χ4v) is 11.5. The maximum Gasteiger partial charge on any atom is 0.165 e. The largest absolute Gasteiger partial charge is 0.226 e. The van der Waals surface area contributed by atoms with E-state index in [0.29, 0.717) is 17.5 Å². The second-order valence-corrected chi connectivity index (χ2v) is 17.1. The molecule has 8 heteroatoms. The third kappa shape index (κ3) is 5.29. The average Bonchev–Trinajstić information content (AvgIpc) is 3.97. The first-order chi connectivity index (χ1) is 28.2. The van der Waals surface area contributed by atoms with Gasteiger partial charge in [0.05, 0.1) is 15.9 Å². The van der Waals surface area contributed by atoms with Gasteiger partial charge in [0.25, 0.3) is 0 Å². The van der Waals surface area contributed by atoms with E-state index in [1.54, 1.807) is 34.0 Å². The molecule has 0 amide bonds. The molecule has 12 aromatic rings.